The molecule has 0 rings (SSSR count). The Morgan fingerprint density at radius 1 is 1.21 bits per heavy atom. The van der Waals surface area contributed by atoms with Gasteiger partial charge in [-0.3, -0.25) is 9.56 Å². The van der Waals surface area contributed by atoms with Gasteiger partial charge in [0, 0.05) is 26.3 Å². The Balaban J connectivity index is 4.32. The van der Waals surface area contributed by atoms with E-state index in [1.54, 1.807) is 12.3 Å². The van der Waals surface area contributed by atoms with Crippen LogP contribution in [0.1, 0.15) is 20.8 Å². The Kier molecular flexibility index (Phi) is 5.27. The van der Waals surface area contributed by atoms with Crippen LogP contribution in [0.25, 0.3) is 0 Å². The summed E-state index contributed by atoms with van der Waals surface area (Å²) < 4.78 is 20.9. The van der Waals surface area contributed by atoms with Gasteiger partial charge in [0.05, 0.1) is 5.54 Å². The summed E-state index contributed by atoms with van der Waals surface area (Å²) in [6.45, 7) is 5.93. The molecule has 0 atom stereocenters. The summed E-state index contributed by atoms with van der Waals surface area (Å²) in [6, 6.07) is 0. The van der Waals surface area contributed by atoms with Crippen molar-refractivity contribution in [3.8, 4) is 0 Å². The molecule has 0 unspecified atom stereocenters. The van der Waals surface area contributed by atoms with Crippen LogP contribution < -0.4 is 0 Å². The zero-order valence-corrected chi connectivity index (χ0v) is 10.2. The SMILES string of the molecule is COP(=O)(/C=C/C=NC(C)(C)C)OC. The molecule has 5 heteroatoms. The van der Waals surface area contributed by atoms with Crippen molar-refractivity contribution < 1.29 is 13.6 Å². The maximum Gasteiger partial charge on any atom is 0.353 e. The molecule has 0 aliphatic heterocycles. The van der Waals surface area contributed by atoms with E-state index in [-0.39, 0.29) is 5.54 Å². The van der Waals surface area contributed by atoms with Gasteiger partial charge in [0.1, 0.15) is 0 Å². The van der Waals surface area contributed by atoms with Crippen molar-refractivity contribution in [3.05, 3.63) is 11.9 Å². The molecule has 0 N–H and O–H groups in total. The summed E-state index contributed by atoms with van der Waals surface area (Å²) in [5.74, 6) is 1.38. The number of nitrogens with zero attached hydrogens (tertiary/aromatic N) is 1. The smallest absolute Gasteiger partial charge is 0.309 e. The average Bonchev–Trinajstić information content (AvgIpc) is 2.11. The molecule has 0 spiro atoms. The van der Waals surface area contributed by atoms with Crippen molar-refractivity contribution in [2.75, 3.05) is 14.2 Å². The summed E-state index contributed by atoms with van der Waals surface area (Å²) in [5.41, 5.74) is -0.130. The fraction of sp³-hybridized carbons (Fsp3) is 0.667. The molecule has 0 aliphatic rings. The molecule has 0 aromatic rings. The first-order chi connectivity index (χ1) is 6.33. The van der Waals surface area contributed by atoms with Gasteiger partial charge >= 0.3 is 7.60 Å². The third-order valence-corrected chi connectivity index (χ3v) is 2.88. The molecule has 4 nitrogen and oxygen atoms in total. The van der Waals surface area contributed by atoms with Crippen molar-refractivity contribution in [2.24, 2.45) is 4.99 Å². The largest absolute Gasteiger partial charge is 0.353 e. The lowest BCUT2D eigenvalue weighted by atomic mass is 10.1. The van der Waals surface area contributed by atoms with Gasteiger partial charge in [-0.1, -0.05) is 0 Å². The highest BCUT2D eigenvalue weighted by atomic mass is 31.2. The van der Waals surface area contributed by atoms with Gasteiger partial charge in [0.15, 0.2) is 0 Å². The monoisotopic (exact) mass is 219 g/mol. The minimum Gasteiger partial charge on any atom is -0.309 e. The highest BCUT2D eigenvalue weighted by Gasteiger charge is 2.14. The van der Waals surface area contributed by atoms with Gasteiger partial charge in [-0.05, 0) is 26.8 Å². The molecule has 0 fully saturated rings. The molecular formula is C9H18NO3P. The van der Waals surface area contributed by atoms with Crippen LogP contribution in [0.3, 0.4) is 0 Å². The molecule has 0 radical (unpaired) electrons. The van der Waals surface area contributed by atoms with Gasteiger partial charge in [0.2, 0.25) is 0 Å². The normalized spacial score (nSPS) is 14.4. The molecule has 0 saturated heterocycles. The maximum atomic E-state index is 11.5. The van der Waals surface area contributed by atoms with Crippen molar-refractivity contribution >= 4 is 13.8 Å². The summed E-state index contributed by atoms with van der Waals surface area (Å²) >= 11 is 0. The molecule has 0 aromatic carbocycles. The van der Waals surface area contributed by atoms with Crippen LogP contribution in [0.4, 0.5) is 0 Å². The number of rotatable bonds is 4. The second-order valence-electron chi connectivity index (χ2n) is 3.70. The number of aliphatic imine (C=N–C) groups is 1. The van der Waals surface area contributed by atoms with Gasteiger partial charge in [-0.2, -0.15) is 0 Å². The van der Waals surface area contributed by atoms with E-state index < -0.39 is 7.60 Å². The van der Waals surface area contributed by atoms with Crippen LogP contribution in [0.5, 0.6) is 0 Å². The van der Waals surface area contributed by atoms with E-state index in [1.807, 2.05) is 20.8 Å². The predicted molar refractivity (Wildman–Crippen MR) is 59.0 cm³/mol. The second kappa shape index (κ2) is 5.44. The third kappa shape index (κ3) is 6.08. The maximum absolute atomic E-state index is 11.5. The molecule has 0 aromatic heterocycles. The Morgan fingerprint density at radius 3 is 2.07 bits per heavy atom. The average molecular weight is 219 g/mol. The van der Waals surface area contributed by atoms with Crippen LogP contribution >= 0.6 is 7.60 Å². The van der Waals surface area contributed by atoms with E-state index in [4.69, 9.17) is 9.05 Å². The van der Waals surface area contributed by atoms with E-state index in [9.17, 15) is 4.57 Å². The standard InChI is InChI=1S/C9H18NO3P/c1-9(2,3)10-7-6-8-14(11,12-4)13-5/h6-8H,1-5H3/b8-6+,10-7?. The van der Waals surface area contributed by atoms with Crippen LogP contribution in [0, 0.1) is 0 Å². The van der Waals surface area contributed by atoms with Gasteiger partial charge in [-0.15, -0.1) is 0 Å². The van der Waals surface area contributed by atoms with E-state index in [2.05, 4.69) is 4.99 Å². The first kappa shape index (κ1) is 13.6. The van der Waals surface area contributed by atoms with E-state index >= 15 is 0 Å². The minimum atomic E-state index is -3.03. The second-order valence-corrected chi connectivity index (χ2v) is 5.80. The molecule has 0 aliphatic carbocycles. The number of hydrogen-bond donors (Lipinski definition) is 0. The van der Waals surface area contributed by atoms with Crippen LogP contribution in [-0.2, 0) is 13.6 Å². The molecule has 0 heterocycles. The summed E-state index contributed by atoms with van der Waals surface area (Å²) in [6.07, 6.45) is 3.16. The number of allylic oxidation sites excluding steroid dienone is 1. The Morgan fingerprint density at radius 2 is 1.71 bits per heavy atom. The molecule has 0 bridgehead atoms. The molecule has 0 amide bonds. The van der Waals surface area contributed by atoms with E-state index in [0.717, 1.165) is 0 Å². The lowest BCUT2D eigenvalue weighted by Gasteiger charge is -2.10. The van der Waals surface area contributed by atoms with E-state index in [0.29, 0.717) is 0 Å². The zero-order valence-electron chi connectivity index (χ0n) is 9.35. The van der Waals surface area contributed by atoms with Crippen molar-refractivity contribution in [3.63, 3.8) is 0 Å². The molecule has 14 heavy (non-hydrogen) atoms. The zero-order chi connectivity index (χ0) is 11.2. The fourth-order valence-corrected chi connectivity index (χ4v) is 1.29. The Bertz CT molecular complexity index is 258. The van der Waals surface area contributed by atoms with Crippen LogP contribution in [0.15, 0.2) is 16.9 Å². The molecular weight excluding hydrogens is 201 g/mol. The van der Waals surface area contributed by atoms with Crippen molar-refractivity contribution in [1.82, 2.24) is 0 Å². The minimum absolute atomic E-state index is 0.130. The molecule has 82 valence electrons. The summed E-state index contributed by atoms with van der Waals surface area (Å²) in [4.78, 5) is 4.18. The lowest BCUT2D eigenvalue weighted by Crippen LogP contribution is -2.08. The quantitative estimate of drug-likeness (QED) is 0.539. The number of hydrogen-bond acceptors (Lipinski definition) is 4. The van der Waals surface area contributed by atoms with Gasteiger partial charge in [-0.25, -0.2) is 0 Å². The predicted octanol–water partition coefficient (Wildman–Crippen LogP) is 2.86. The first-order valence-electron chi connectivity index (χ1n) is 4.27. The van der Waals surface area contributed by atoms with Crippen molar-refractivity contribution in [1.29, 1.82) is 0 Å². The van der Waals surface area contributed by atoms with Gasteiger partial charge in [0.25, 0.3) is 0 Å². The van der Waals surface area contributed by atoms with Crippen molar-refractivity contribution in [2.45, 2.75) is 26.3 Å². The topological polar surface area (TPSA) is 47.9 Å². The lowest BCUT2D eigenvalue weighted by molar-refractivity contribution is 0.286. The summed E-state index contributed by atoms with van der Waals surface area (Å²) in [7, 11) is -0.349. The fourth-order valence-electron chi connectivity index (χ4n) is 0.607. The Hall–Kier alpha value is -0.440. The van der Waals surface area contributed by atoms with Crippen LogP contribution in [0.2, 0.25) is 0 Å². The molecule has 0 saturated carbocycles. The Labute approximate surface area is 85.6 Å². The summed E-state index contributed by atoms with van der Waals surface area (Å²) in [5, 5.41) is 0. The highest BCUT2D eigenvalue weighted by Crippen LogP contribution is 2.47. The van der Waals surface area contributed by atoms with Gasteiger partial charge < -0.3 is 9.05 Å². The van der Waals surface area contributed by atoms with E-state index in [1.165, 1.54) is 20.0 Å². The third-order valence-electron chi connectivity index (χ3n) is 1.33. The van der Waals surface area contributed by atoms with Crippen LogP contribution in [-0.4, -0.2) is 26.0 Å². The highest BCUT2D eigenvalue weighted by molar-refractivity contribution is 7.57. The first-order valence-corrected chi connectivity index (χ1v) is 5.88.